The maximum absolute atomic E-state index is 12.1. The summed E-state index contributed by atoms with van der Waals surface area (Å²) >= 11 is 0. The molecule has 4 heteroatoms. The van der Waals surface area contributed by atoms with Crippen LogP contribution in [0, 0.1) is 5.92 Å². The van der Waals surface area contributed by atoms with Crippen molar-refractivity contribution in [2.45, 2.75) is 52.0 Å². The van der Waals surface area contributed by atoms with E-state index in [2.05, 4.69) is 49.0 Å². The van der Waals surface area contributed by atoms with E-state index in [4.69, 9.17) is 4.98 Å². The number of rotatable bonds is 4. The Kier molecular flexibility index (Phi) is 4.19. The van der Waals surface area contributed by atoms with Gasteiger partial charge in [0, 0.05) is 25.4 Å². The largest absolute Gasteiger partial charge is 0.352 e. The van der Waals surface area contributed by atoms with Crippen molar-refractivity contribution in [1.82, 2.24) is 14.9 Å². The SMILES string of the molecule is CC(C)c1nc2cc(CNC(=O)C3CCCC3)ccc2n1C. The molecule has 0 spiro atoms. The van der Waals surface area contributed by atoms with Gasteiger partial charge in [-0.1, -0.05) is 32.8 Å². The molecule has 0 aliphatic heterocycles. The molecule has 118 valence electrons. The van der Waals surface area contributed by atoms with Gasteiger partial charge in [-0.2, -0.15) is 0 Å². The molecule has 3 rings (SSSR count). The molecule has 22 heavy (non-hydrogen) atoms. The lowest BCUT2D eigenvalue weighted by Crippen LogP contribution is -2.28. The minimum Gasteiger partial charge on any atom is -0.352 e. The van der Waals surface area contributed by atoms with E-state index in [1.807, 2.05) is 0 Å². The predicted octanol–water partition coefficient (Wildman–Crippen LogP) is 3.50. The smallest absolute Gasteiger partial charge is 0.223 e. The fourth-order valence-corrected chi connectivity index (χ4v) is 3.41. The number of imidazole rings is 1. The van der Waals surface area contributed by atoms with Gasteiger partial charge in [0.15, 0.2) is 0 Å². The van der Waals surface area contributed by atoms with Gasteiger partial charge in [0.05, 0.1) is 11.0 Å². The molecular formula is C18H25N3O. The summed E-state index contributed by atoms with van der Waals surface area (Å²) in [5.41, 5.74) is 3.28. The normalized spacial score (nSPS) is 15.8. The van der Waals surface area contributed by atoms with Crippen molar-refractivity contribution < 1.29 is 4.79 Å². The molecule has 0 atom stereocenters. The fourth-order valence-electron chi connectivity index (χ4n) is 3.41. The first-order chi connectivity index (χ1) is 10.6. The second-order valence-corrected chi connectivity index (χ2v) is 6.71. The molecular weight excluding hydrogens is 274 g/mol. The Morgan fingerprint density at radius 2 is 2.09 bits per heavy atom. The van der Waals surface area contributed by atoms with E-state index in [1.54, 1.807) is 0 Å². The molecule has 1 aliphatic rings. The van der Waals surface area contributed by atoms with E-state index in [0.717, 1.165) is 35.3 Å². The Labute approximate surface area is 131 Å². The lowest BCUT2D eigenvalue weighted by molar-refractivity contribution is -0.124. The first-order valence-electron chi connectivity index (χ1n) is 8.29. The highest BCUT2D eigenvalue weighted by Crippen LogP contribution is 2.25. The number of aromatic nitrogens is 2. The second kappa shape index (κ2) is 6.11. The van der Waals surface area contributed by atoms with Gasteiger partial charge in [0.2, 0.25) is 5.91 Å². The third-order valence-corrected chi connectivity index (χ3v) is 4.69. The molecule has 0 bridgehead atoms. The van der Waals surface area contributed by atoms with Crippen LogP contribution in [0.5, 0.6) is 0 Å². The maximum Gasteiger partial charge on any atom is 0.223 e. The monoisotopic (exact) mass is 299 g/mol. The third-order valence-electron chi connectivity index (χ3n) is 4.69. The molecule has 1 saturated carbocycles. The van der Waals surface area contributed by atoms with E-state index in [9.17, 15) is 4.79 Å². The quantitative estimate of drug-likeness (QED) is 0.939. The Bertz CT molecular complexity index is 681. The molecule has 4 nitrogen and oxygen atoms in total. The van der Waals surface area contributed by atoms with Gasteiger partial charge < -0.3 is 9.88 Å². The number of fused-ring (bicyclic) bond motifs is 1. The number of nitrogens with zero attached hydrogens (tertiary/aromatic N) is 2. The molecule has 1 aromatic heterocycles. The van der Waals surface area contributed by atoms with Crippen LogP contribution in [0.25, 0.3) is 11.0 Å². The van der Waals surface area contributed by atoms with Gasteiger partial charge >= 0.3 is 0 Å². The summed E-state index contributed by atoms with van der Waals surface area (Å²) in [6.07, 6.45) is 4.47. The lowest BCUT2D eigenvalue weighted by atomic mass is 10.1. The van der Waals surface area contributed by atoms with Crippen LogP contribution in [0.1, 0.15) is 56.8 Å². The predicted molar refractivity (Wildman–Crippen MR) is 88.6 cm³/mol. The van der Waals surface area contributed by atoms with Crippen LogP contribution >= 0.6 is 0 Å². The highest BCUT2D eigenvalue weighted by Gasteiger charge is 2.22. The highest BCUT2D eigenvalue weighted by molar-refractivity contribution is 5.79. The summed E-state index contributed by atoms with van der Waals surface area (Å²) in [5, 5.41) is 3.08. The van der Waals surface area contributed by atoms with Crippen molar-refractivity contribution in [3.63, 3.8) is 0 Å². The molecule has 1 N–H and O–H groups in total. The van der Waals surface area contributed by atoms with E-state index in [1.165, 1.54) is 12.8 Å². The summed E-state index contributed by atoms with van der Waals surface area (Å²) in [6.45, 7) is 4.91. The van der Waals surface area contributed by atoms with E-state index in [0.29, 0.717) is 12.5 Å². The van der Waals surface area contributed by atoms with Crippen LogP contribution in [0.2, 0.25) is 0 Å². The van der Waals surface area contributed by atoms with Crippen LogP contribution < -0.4 is 5.32 Å². The minimum absolute atomic E-state index is 0.210. The highest BCUT2D eigenvalue weighted by atomic mass is 16.1. The average molecular weight is 299 g/mol. The summed E-state index contributed by atoms with van der Waals surface area (Å²) in [5.74, 6) is 1.94. The van der Waals surface area contributed by atoms with Crippen molar-refractivity contribution in [2.75, 3.05) is 0 Å². The number of benzene rings is 1. The summed E-state index contributed by atoms with van der Waals surface area (Å²) in [7, 11) is 2.06. The Morgan fingerprint density at radius 1 is 1.36 bits per heavy atom. The topological polar surface area (TPSA) is 46.9 Å². The van der Waals surface area contributed by atoms with Crippen molar-refractivity contribution in [1.29, 1.82) is 0 Å². The third kappa shape index (κ3) is 2.87. The van der Waals surface area contributed by atoms with Crippen molar-refractivity contribution in [3.05, 3.63) is 29.6 Å². The van der Waals surface area contributed by atoms with E-state index in [-0.39, 0.29) is 11.8 Å². The Morgan fingerprint density at radius 3 is 2.77 bits per heavy atom. The zero-order chi connectivity index (χ0) is 15.7. The summed E-state index contributed by atoms with van der Waals surface area (Å²) < 4.78 is 2.15. The Balaban J connectivity index is 1.73. The van der Waals surface area contributed by atoms with Crippen LogP contribution in [-0.2, 0) is 18.4 Å². The number of hydrogen-bond acceptors (Lipinski definition) is 2. The minimum atomic E-state index is 0.210. The Hall–Kier alpha value is -1.84. The summed E-state index contributed by atoms with van der Waals surface area (Å²) in [4.78, 5) is 16.8. The van der Waals surface area contributed by atoms with Crippen LogP contribution in [0.3, 0.4) is 0 Å². The molecule has 1 heterocycles. The number of nitrogens with one attached hydrogen (secondary N) is 1. The van der Waals surface area contributed by atoms with Gasteiger partial charge in [-0.3, -0.25) is 4.79 Å². The van der Waals surface area contributed by atoms with Crippen LogP contribution in [0.4, 0.5) is 0 Å². The number of hydrogen-bond donors (Lipinski definition) is 1. The average Bonchev–Trinajstić information content (AvgIpc) is 3.13. The van der Waals surface area contributed by atoms with Gasteiger partial charge in [-0.15, -0.1) is 0 Å². The van der Waals surface area contributed by atoms with Crippen molar-refractivity contribution in [2.24, 2.45) is 13.0 Å². The van der Waals surface area contributed by atoms with Crippen molar-refractivity contribution >= 4 is 16.9 Å². The number of aryl methyl sites for hydroxylation is 1. The molecule has 2 aromatic rings. The number of carbonyl (C=O) groups is 1. The lowest BCUT2D eigenvalue weighted by Gasteiger charge is -2.10. The standard InChI is InChI=1S/C18H25N3O/c1-12(2)17-20-15-10-13(8-9-16(15)21(17)3)11-19-18(22)14-6-4-5-7-14/h8-10,12,14H,4-7,11H2,1-3H3,(H,19,22). The zero-order valence-corrected chi connectivity index (χ0v) is 13.7. The van der Waals surface area contributed by atoms with Crippen molar-refractivity contribution in [3.8, 4) is 0 Å². The first-order valence-corrected chi connectivity index (χ1v) is 8.29. The number of carbonyl (C=O) groups excluding carboxylic acids is 1. The van der Waals surface area contributed by atoms with Gasteiger partial charge in [-0.25, -0.2) is 4.98 Å². The molecule has 1 aromatic carbocycles. The van der Waals surface area contributed by atoms with Crippen LogP contribution in [0.15, 0.2) is 18.2 Å². The van der Waals surface area contributed by atoms with E-state index >= 15 is 0 Å². The molecule has 0 unspecified atom stereocenters. The first kappa shape index (κ1) is 15.1. The molecule has 1 aliphatic carbocycles. The molecule has 1 amide bonds. The summed E-state index contributed by atoms with van der Waals surface area (Å²) in [6, 6.07) is 6.28. The van der Waals surface area contributed by atoms with Gasteiger partial charge in [0.25, 0.3) is 0 Å². The van der Waals surface area contributed by atoms with Crippen LogP contribution in [-0.4, -0.2) is 15.5 Å². The molecule has 0 radical (unpaired) electrons. The number of amides is 1. The van der Waals surface area contributed by atoms with Gasteiger partial charge in [0.1, 0.15) is 5.82 Å². The molecule has 1 fully saturated rings. The zero-order valence-electron chi connectivity index (χ0n) is 13.7. The molecule has 0 saturated heterocycles. The fraction of sp³-hybridized carbons (Fsp3) is 0.556. The second-order valence-electron chi connectivity index (χ2n) is 6.71. The maximum atomic E-state index is 12.1. The van der Waals surface area contributed by atoms with E-state index < -0.39 is 0 Å². The van der Waals surface area contributed by atoms with Gasteiger partial charge in [-0.05, 0) is 30.5 Å².